The Bertz CT molecular complexity index is 1130. The van der Waals surface area contributed by atoms with Gasteiger partial charge in [-0.25, -0.2) is 0 Å². The van der Waals surface area contributed by atoms with E-state index in [-0.39, 0.29) is 6.04 Å². The highest BCUT2D eigenvalue weighted by Crippen LogP contribution is 2.45. The first-order chi connectivity index (χ1) is 15.8. The largest absolute Gasteiger partial charge is 0.497 e. The lowest BCUT2D eigenvalue weighted by molar-refractivity contribution is 0.414. The van der Waals surface area contributed by atoms with Crippen molar-refractivity contribution in [1.29, 1.82) is 0 Å². The van der Waals surface area contributed by atoms with Gasteiger partial charge in [0.25, 0.3) is 0 Å². The Morgan fingerprint density at radius 2 is 1.47 bits per heavy atom. The standard InChI is InChI=1S/C28H28N2O2/c1-31-24-15-11-20(12-16-24)19-22-7-6-10-26-27(22)29-30(23-8-4-3-5-9-23)28(26)21-13-17-25(32-2)18-14-21/h3-5,8-9,11-19,28-29H,6-7,10H2,1-2H3/b22-19+/t28-/m0/s1. The second-order valence-electron chi connectivity index (χ2n) is 8.19. The average Bonchev–Trinajstić information content (AvgIpc) is 3.26. The van der Waals surface area contributed by atoms with Gasteiger partial charge in [0.1, 0.15) is 11.5 Å². The molecule has 5 rings (SSSR count). The first kappa shape index (κ1) is 20.3. The van der Waals surface area contributed by atoms with Crippen LogP contribution in [0.1, 0.15) is 36.4 Å². The minimum Gasteiger partial charge on any atom is -0.497 e. The summed E-state index contributed by atoms with van der Waals surface area (Å²) in [6.07, 6.45) is 5.61. The van der Waals surface area contributed by atoms with Crippen LogP contribution < -0.4 is 19.9 Å². The topological polar surface area (TPSA) is 33.7 Å². The predicted octanol–water partition coefficient (Wildman–Crippen LogP) is 6.29. The molecular formula is C28H28N2O2. The molecule has 3 aromatic rings. The molecule has 0 amide bonds. The molecule has 0 unspecified atom stereocenters. The van der Waals surface area contributed by atoms with Crippen molar-refractivity contribution in [2.45, 2.75) is 25.3 Å². The van der Waals surface area contributed by atoms with Gasteiger partial charge in [-0.3, -0.25) is 10.4 Å². The molecule has 0 aromatic heterocycles. The van der Waals surface area contributed by atoms with Gasteiger partial charge >= 0.3 is 0 Å². The van der Waals surface area contributed by atoms with Crippen molar-refractivity contribution in [3.05, 3.63) is 107 Å². The highest BCUT2D eigenvalue weighted by Gasteiger charge is 2.36. The van der Waals surface area contributed by atoms with Crippen LogP contribution in [0.15, 0.2) is 95.7 Å². The third-order valence-corrected chi connectivity index (χ3v) is 6.28. The third-order valence-electron chi connectivity index (χ3n) is 6.28. The fourth-order valence-corrected chi connectivity index (χ4v) is 4.67. The van der Waals surface area contributed by atoms with Crippen molar-refractivity contribution in [2.75, 3.05) is 19.2 Å². The van der Waals surface area contributed by atoms with E-state index in [1.54, 1.807) is 14.2 Å². The molecular weight excluding hydrogens is 396 g/mol. The summed E-state index contributed by atoms with van der Waals surface area (Å²) < 4.78 is 10.7. The van der Waals surface area contributed by atoms with Crippen LogP contribution in [0.3, 0.4) is 0 Å². The summed E-state index contributed by atoms with van der Waals surface area (Å²) in [6.45, 7) is 0. The van der Waals surface area contributed by atoms with Crippen LogP contribution in [0.2, 0.25) is 0 Å². The van der Waals surface area contributed by atoms with Gasteiger partial charge in [-0.1, -0.05) is 42.5 Å². The fourth-order valence-electron chi connectivity index (χ4n) is 4.67. The van der Waals surface area contributed by atoms with Crippen LogP contribution in [0.4, 0.5) is 5.69 Å². The van der Waals surface area contributed by atoms with Gasteiger partial charge in [-0.05, 0) is 84.0 Å². The zero-order valence-corrected chi connectivity index (χ0v) is 18.5. The molecule has 2 aliphatic rings. The second-order valence-corrected chi connectivity index (χ2v) is 8.19. The van der Waals surface area contributed by atoms with E-state index in [1.807, 2.05) is 24.3 Å². The summed E-state index contributed by atoms with van der Waals surface area (Å²) in [5, 5.41) is 2.31. The maximum absolute atomic E-state index is 5.39. The van der Waals surface area contributed by atoms with Gasteiger partial charge in [0, 0.05) is 0 Å². The van der Waals surface area contributed by atoms with Gasteiger partial charge in [0.2, 0.25) is 0 Å². The molecule has 1 aliphatic carbocycles. The third kappa shape index (κ3) is 3.84. The number of ether oxygens (including phenoxy) is 2. The number of para-hydroxylation sites is 1. The number of hydrogen-bond donors (Lipinski definition) is 1. The van der Waals surface area contributed by atoms with E-state index < -0.39 is 0 Å². The number of allylic oxidation sites excluding steroid dienone is 1. The second kappa shape index (κ2) is 8.83. The number of nitrogens with one attached hydrogen (secondary N) is 1. The van der Waals surface area contributed by atoms with Crippen molar-refractivity contribution in [2.24, 2.45) is 0 Å². The molecule has 0 fully saturated rings. The van der Waals surface area contributed by atoms with E-state index in [9.17, 15) is 0 Å². The van der Waals surface area contributed by atoms with E-state index in [2.05, 4.69) is 71.1 Å². The monoisotopic (exact) mass is 424 g/mol. The van der Waals surface area contributed by atoms with Gasteiger partial charge in [0.15, 0.2) is 0 Å². The zero-order chi connectivity index (χ0) is 21.9. The van der Waals surface area contributed by atoms with E-state index >= 15 is 0 Å². The van der Waals surface area contributed by atoms with Crippen molar-refractivity contribution in [3.8, 4) is 11.5 Å². The van der Waals surface area contributed by atoms with E-state index in [4.69, 9.17) is 9.47 Å². The van der Waals surface area contributed by atoms with Gasteiger partial charge in [-0.2, -0.15) is 0 Å². The molecule has 0 saturated carbocycles. The Morgan fingerprint density at radius 3 is 2.12 bits per heavy atom. The lowest BCUT2D eigenvalue weighted by atomic mass is 9.85. The zero-order valence-electron chi connectivity index (χ0n) is 18.5. The summed E-state index contributed by atoms with van der Waals surface area (Å²) >= 11 is 0. The Hall–Kier alpha value is -3.66. The number of nitrogens with zero attached hydrogens (tertiary/aromatic N) is 1. The predicted molar refractivity (Wildman–Crippen MR) is 130 cm³/mol. The quantitative estimate of drug-likeness (QED) is 0.522. The highest BCUT2D eigenvalue weighted by molar-refractivity contribution is 5.65. The number of anilines is 1. The number of benzene rings is 3. The number of hydrazine groups is 1. The Morgan fingerprint density at radius 1 is 0.812 bits per heavy atom. The van der Waals surface area contributed by atoms with Gasteiger partial charge < -0.3 is 9.47 Å². The first-order valence-corrected chi connectivity index (χ1v) is 11.1. The summed E-state index contributed by atoms with van der Waals surface area (Å²) in [7, 11) is 3.41. The minimum atomic E-state index is 0.151. The van der Waals surface area contributed by atoms with Crippen molar-refractivity contribution in [3.63, 3.8) is 0 Å². The summed E-state index contributed by atoms with van der Waals surface area (Å²) in [5.41, 5.74) is 11.4. The average molecular weight is 425 g/mol. The molecule has 1 aliphatic heterocycles. The molecule has 162 valence electrons. The van der Waals surface area contributed by atoms with Crippen molar-refractivity contribution in [1.82, 2.24) is 5.43 Å². The first-order valence-electron chi connectivity index (χ1n) is 11.1. The SMILES string of the molecule is COc1ccc(/C=C2\CCCC3=C2NN(c2ccccc2)[C@H]3c2ccc(OC)cc2)cc1. The lowest BCUT2D eigenvalue weighted by Crippen LogP contribution is -2.34. The summed E-state index contributed by atoms with van der Waals surface area (Å²) in [6, 6.07) is 27.4. The Kier molecular flexibility index (Phi) is 5.59. The number of hydrogen-bond acceptors (Lipinski definition) is 4. The maximum atomic E-state index is 5.39. The molecule has 1 heterocycles. The van der Waals surface area contributed by atoms with Crippen molar-refractivity contribution >= 4 is 11.8 Å². The Balaban J connectivity index is 1.56. The molecule has 32 heavy (non-hydrogen) atoms. The van der Waals surface area contributed by atoms with E-state index in [0.717, 1.165) is 36.4 Å². The normalized spacial score (nSPS) is 19.0. The number of methoxy groups -OCH3 is 2. The molecule has 0 spiro atoms. The van der Waals surface area contributed by atoms with Crippen LogP contribution >= 0.6 is 0 Å². The van der Waals surface area contributed by atoms with E-state index in [0.29, 0.717) is 0 Å². The molecule has 4 heteroatoms. The lowest BCUT2D eigenvalue weighted by Gasteiger charge is -2.29. The van der Waals surface area contributed by atoms with Gasteiger partial charge in [0.05, 0.1) is 31.6 Å². The minimum absolute atomic E-state index is 0.151. The molecule has 0 saturated heterocycles. The fraction of sp³-hybridized carbons (Fsp3) is 0.214. The smallest absolute Gasteiger partial charge is 0.118 e. The molecule has 0 radical (unpaired) electrons. The summed E-state index contributed by atoms with van der Waals surface area (Å²) in [5.74, 6) is 1.76. The Labute approximate surface area is 189 Å². The molecule has 0 bridgehead atoms. The van der Waals surface area contributed by atoms with Crippen molar-refractivity contribution < 1.29 is 9.47 Å². The van der Waals surface area contributed by atoms with Crippen LogP contribution in [-0.4, -0.2) is 14.2 Å². The van der Waals surface area contributed by atoms with Crippen LogP contribution in [0, 0.1) is 0 Å². The van der Waals surface area contributed by atoms with Crippen LogP contribution in [0.5, 0.6) is 11.5 Å². The van der Waals surface area contributed by atoms with Crippen LogP contribution in [0.25, 0.3) is 6.08 Å². The summed E-state index contributed by atoms with van der Waals surface area (Å²) in [4.78, 5) is 0. The molecule has 3 aromatic carbocycles. The van der Waals surface area contributed by atoms with Gasteiger partial charge in [-0.15, -0.1) is 0 Å². The molecule has 4 nitrogen and oxygen atoms in total. The molecule has 1 atom stereocenters. The molecule has 1 N–H and O–H groups in total. The number of rotatable bonds is 5. The highest BCUT2D eigenvalue weighted by atomic mass is 16.5. The van der Waals surface area contributed by atoms with Crippen LogP contribution in [-0.2, 0) is 0 Å². The van der Waals surface area contributed by atoms with E-state index in [1.165, 1.54) is 28.0 Å². The maximum Gasteiger partial charge on any atom is 0.118 e.